The molecular formula is C22H16O3. The second kappa shape index (κ2) is 7.02. The summed E-state index contributed by atoms with van der Waals surface area (Å²) in [7, 11) is 1.57. The van der Waals surface area contributed by atoms with E-state index in [9.17, 15) is 9.59 Å². The zero-order valence-corrected chi connectivity index (χ0v) is 14.0. The van der Waals surface area contributed by atoms with Gasteiger partial charge in [0.25, 0.3) is 0 Å². The molecular weight excluding hydrogens is 312 g/mol. The van der Waals surface area contributed by atoms with Gasteiger partial charge in [0.1, 0.15) is 5.75 Å². The van der Waals surface area contributed by atoms with Crippen LogP contribution >= 0.6 is 0 Å². The molecule has 0 saturated heterocycles. The first-order valence-electron chi connectivity index (χ1n) is 7.82. The van der Waals surface area contributed by atoms with E-state index in [1.807, 2.05) is 19.1 Å². The van der Waals surface area contributed by atoms with Crippen molar-refractivity contribution in [3.05, 3.63) is 100.0 Å². The molecule has 2 aromatic carbocycles. The fourth-order valence-electron chi connectivity index (χ4n) is 2.45. The van der Waals surface area contributed by atoms with Crippen molar-refractivity contribution < 1.29 is 14.3 Å². The predicted molar refractivity (Wildman–Crippen MR) is 96.0 cm³/mol. The van der Waals surface area contributed by atoms with Gasteiger partial charge >= 0.3 is 0 Å². The molecule has 122 valence electrons. The van der Waals surface area contributed by atoms with E-state index < -0.39 is 0 Å². The fraction of sp³-hybridized carbons (Fsp3) is 0.0909. The molecule has 0 bridgehead atoms. The Balaban J connectivity index is 1.86. The van der Waals surface area contributed by atoms with Crippen molar-refractivity contribution in [3.63, 3.8) is 0 Å². The molecule has 0 radical (unpaired) electrons. The van der Waals surface area contributed by atoms with Crippen molar-refractivity contribution in [1.82, 2.24) is 0 Å². The highest BCUT2D eigenvalue weighted by molar-refractivity contribution is 6.15. The highest BCUT2D eigenvalue weighted by Gasteiger charge is 2.16. The van der Waals surface area contributed by atoms with E-state index in [1.165, 1.54) is 0 Å². The zero-order chi connectivity index (χ0) is 17.8. The molecule has 0 aromatic heterocycles. The van der Waals surface area contributed by atoms with E-state index in [4.69, 9.17) is 4.74 Å². The molecule has 0 atom stereocenters. The number of Topliss-reactive ketones (excluding diaryl/α,β-unsaturated/α-hetero) is 2. The van der Waals surface area contributed by atoms with Gasteiger partial charge in [0.2, 0.25) is 5.78 Å². The third-order valence-corrected chi connectivity index (χ3v) is 3.91. The lowest BCUT2D eigenvalue weighted by Crippen LogP contribution is -2.07. The minimum atomic E-state index is -0.211. The number of methoxy groups -OCH3 is 1. The van der Waals surface area contributed by atoms with Gasteiger partial charge in [-0.3, -0.25) is 9.59 Å². The number of ether oxygens (including phenoxy) is 1. The van der Waals surface area contributed by atoms with Gasteiger partial charge in [0, 0.05) is 16.7 Å². The predicted octanol–water partition coefficient (Wildman–Crippen LogP) is 4.25. The smallest absolute Gasteiger partial charge is 0.201 e. The number of allylic oxidation sites excluding steroid dienone is 4. The summed E-state index contributed by atoms with van der Waals surface area (Å²) >= 11 is 0. The van der Waals surface area contributed by atoms with Crippen LogP contribution in [-0.4, -0.2) is 18.7 Å². The fourth-order valence-corrected chi connectivity index (χ4v) is 2.45. The van der Waals surface area contributed by atoms with Crippen molar-refractivity contribution in [2.45, 2.75) is 6.92 Å². The van der Waals surface area contributed by atoms with Gasteiger partial charge in [0.15, 0.2) is 5.78 Å². The van der Waals surface area contributed by atoms with Crippen molar-refractivity contribution in [1.29, 1.82) is 0 Å². The maximum atomic E-state index is 12.6. The van der Waals surface area contributed by atoms with Gasteiger partial charge in [-0.1, -0.05) is 41.3 Å². The monoisotopic (exact) mass is 328 g/mol. The maximum absolute atomic E-state index is 12.6. The number of carbonyl (C=O) groups excluding carboxylic acids is 2. The van der Waals surface area contributed by atoms with Crippen LogP contribution in [0.15, 0.2) is 83.3 Å². The largest absolute Gasteiger partial charge is 0.497 e. The highest BCUT2D eigenvalue weighted by atomic mass is 16.5. The minimum absolute atomic E-state index is 0.144. The number of carbonyl (C=O) groups is 2. The summed E-state index contributed by atoms with van der Waals surface area (Å²) in [6.45, 7) is 1.96. The first-order chi connectivity index (χ1) is 12.1. The Morgan fingerprint density at radius 3 is 2.12 bits per heavy atom. The summed E-state index contributed by atoms with van der Waals surface area (Å²) in [4.78, 5) is 25.2. The molecule has 0 fully saturated rings. The van der Waals surface area contributed by atoms with E-state index in [2.05, 4.69) is 11.5 Å². The molecule has 3 nitrogen and oxygen atoms in total. The molecule has 2 aromatic rings. The van der Waals surface area contributed by atoms with Gasteiger partial charge < -0.3 is 4.74 Å². The number of hydrogen-bond donors (Lipinski definition) is 0. The minimum Gasteiger partial charge on any atom is -0.497 e. The van der Waals surface area contributed by atoms with Crippen molar-refractivity contribution in [2.24, 2.45) is 0 Å². The summed E-state index contributed by atoms with van der Waals surface area (Å²) in [5.74, 6) is 0.321. The number of rotatable bonds is 5. The molecule has 3 rings (SSSR count). The van der Waals surface area contributed by atoms with Gasteiger partial charge in [-0.25, -0.2) is 0 Å². The molecule has 0 heterocycles. The van der Waals surface area contributed by atoms with E-state index in [-0.39, 0.29) is 11.6 Å². The lowest BCUT2D eigenvalue weighted by Gasteiger charge is -2.06. The number of benzene rings is 2. The van der Waals surface area contributed by atoms with Crippen LogP contribution in [0.2, 0.25) is 0 Å². The Morgan fingerprint density at radius 1 is 0.880 bits per heavy atom. The van der Waals surface area contributed by atoms with Gasteiger partial charge in [-0.05, 0) is 43.3 Å². The molecule has 0 amide bonds. The van der Waals surface area contributed by atoms with Crippen molar-refractivity contribution in [2.75, 3.05) is 7.11 Å². The third-order valence-electron chi connectivity index (χ3n) is 3.91. The van der Waals surface area contributed by atoms with Crippen LogP contribution in [0.5, 0.6) is 5.75 Å². The van der Waals surface area contributed by atoms with Gasteiger partial charge in [-0.2, -0.15) is 0 Å². The summed E-state index contributed by atoms with van der Waals surface area (Å²) in [5, 5.41) is 0. The molecule has 0 saturated carbocycles. The first kappa shape index (κ1) is 16.5. The average Bonchev–Trinajstić information content (AvgIpc) is 2.67. The highest BCUT2D eigenvalue weighted by Crippen LogP contribution is 2.19. The summed E-state index contributed by atoms with van der Waals surface area (Å²) < 4.78 is 5.09. The second-order valence-electron chi connectivity index (χ2n) is 5.68. The first-order valence-corrected chi connectivity index (χ1v) is 7.82. The van der Waals surface area contributed by atoms with E-state index in [0.29, 0.717) is 28.0 Å². The van der Waals surface area contributed by atoms with Crippen LogP contribution in [0, 0.1) is 6.92 Å². The standard InChI is InChI=1S/C22H16O3/c1-15-6-8-16(9-7-15)21(23)18-4-3-5-19(14-18)22(24)17-10-12-20(25-2)13-11-17/h4,6-14H,1-2H3. The quantitative estimate of drug-likeness (QED) is 0.609. The molecule has 3 heteroatoms. The van der Waals surface area contributed by atoms with Crippen LogP contribution in [0.3, 0.4) is 0 Å². The zero-order valence-electron chi connectivity index (χ0n) is 14.0. The van der Waals surface area contributed by atoms with Crippen LogP contribution in [0.1, 0.15) is 26.3 Å². The lowest BCUT2D eigenvalue weighted by atomic mass is 9.95. The molecule has 0 aliphatic heterocycles. The third kappa shape index (κ3) is 3.59. The van der Waals surface area contributed by atoms with Crippen LogP contribution in [0.25, 0.3) is 0 Å². The Morgan fingerprint density at radius 2 is 1.48 bits per heavy atom. The van der Waals surface area contributed by atoms with Crippen molar-refractivity contribution in [3.8, 4) is 5.75 Å². The summed E-state index contributed by atoms with van der Waals surface area (Å²) in [6, 6.07) is 14.1. The number of hydrogen-bond acceptors (Lipinski definition) is 3. The van der Waals surface area contributed by atoms with E-state index >= 15 is 0 Å². The topological polar surface area (TPSA) is 43.4 Å². The van der Waals surface area contributed by atoms with Gasteiger partial charge in [0.05, 0.1) is 12.7 Å². The normalized spacial score (nSPS) is 12.4. The molecule has 25 heavy (non-hydrogen) atoms. The molecule has 1 aliphatic rings. The average molecular weight is 328 g/mol. The Bertz CT molecular complexity index is 961. The second-order valence-corrected chi connectivity index (χ2v) is 5.68. The summed E-state index contributed by atoms with van der Waals surface area (Å²) in [6.07, 6.45) is 3.11. The molecule has 1 aliphatic carbocycles. The Kier molecular flexibility index (Phi) is 4.63. The Labute approximate surface area is 146 Å². The van der Waals surface area contributed by atoms with Crippen LogP contribution in [-0.2, 0) is 0 Å². The number of ketones is 2. The van der Waals surface area contributed by atoms with Crippen LogP contribution < -0.4 is 4.74 Å². The van der Waals surface area contributed by atoms with E-state index in [1.54, 1.807) is 55.7 Å². The molecule has 0 unspecified atom stereocenters. The molecule has 0 N–H and O–H groups in total. The Hall–Kier alpha value is -3.38. The summed E-state index contributed by atoms with van der Waals surface area (Å²) in [5.41, 5.74) is 8.46. The number of aryl methyl sites for hydroxylation is 1. The maximum Gasteiger partial charge on any atom is 0.201 e. The van der Waals surface area contributed by atoms with Crippen molar-refractivity contribution >= 4 is 11.6 Å². The van der Waals surface area contributed by atoms with E-state index in [0.717, 1.165) is 5.56 Å². The lowest BCUT2D eigenvalue weighted by molar-refractivity contribution is 0.103. The SMILES string of the molecule is COc1ccc(C(=O)C2=C=C=CC(C(=O)c3ccc(C)cc3)=C2)cc1. The van der Waals surface area contributed by atoms with Gasteiger partial charge in [-0.15, -0.1) is 0 Å². The van der Waals surface area contributed by atoms with Crippen LogP contribution in [0.4, 0.5) is 0 Å². The molecule has 0 spiro atoms.